The number of ether oxygens (including phenoxy) is 2. The smallest absolute Gasteiger partial charge is 0.217 e. The SMILES string of the molecule is COC1O[C@H](C(O)N=[N+]=[N-])[C@@H](O)[C@H](O)[C@H]1NC(C)=O. The number of aliphatic hydroxyl groups is 3. The summed E-state index contributed by atoms with van der Waals surface area (Å²) in [6.45, 7) is 1.23. The number of methoxy groups -OCH3 is 1. The van der Waals surface area contributed by atoms with E-state index in [4.69, 9.17) is 15.0 Å². The van der Waals surface area contributed by atoms with E-state index < -0.39 is 42.8 Å². The van der Waals surface area contributed by atoms with E-state index in [1.54, 1.807) is 0 Å². The highest BCUT2D eigenvalue weighted by atomic mass is 16.7. The molecule has 0 spiro atoms. The number of nitrogens with one attached hydrogen (secondary N) is 1. The average molecular weight is 276 g/mol. The quantitative estimate of drug-likeness (QED) is 0.270. The molecule has 1 amide bonds. The van der Waals surface area contributed by atoms with E-state index in [-0.39, 0.29) is 0 Å². The summed E-state index contributed by atoms with van der Waals surface area (Å²) in [7, 11) is 1.26. The third kappa shape index (κ3) is 3.53. The predicted octanol–water partition coefficient (Wildman–Crippen LogP) is -1.79. The fraction of sp³-hybridized carbons (Fsp3) is 0.889. The first-order chi connectivity index (χ1) is 8.92. The van der Waals surface area contributed by atoms with Gasteiger partial charge < -0.3 is 30.1 Å². The lowest BCUT2D eigenvalue weighted by Crippen LogP contribution is -2.65. The molecule has 0 bridgehead atoms. The maximum Gasteiger partial charge on any atom is 0.217 e. The normalized spacial score (nSPS) is 36.2. The highest BCUT2D eigenvalue weighted by molar-refractivity contribution is 5.73. The number of hydrogen-bond acceptors (Lipinski definition) is 7. The number of azide groups is 1. The first kappa shape index (κ1) is 15.6. The Labute approximate surface area is 108 Å². The second-order valence-electron chi connectivity index (χ2n) is 4.03. The Hall–Kier alpha value is -1.42. The zero-order valence-electron chi connectivity index (χ0n) is 10.4. The van der Waals surface area contributed by atoms with Gasteiger partial charge in [-0.05, 0) is 5.53 Å². The van der Waals surface area contributed by atoms with Gasteiger partial charge in [0.1, 0.15) is 24.4 Å². The van der Waals surface area contributed by atoms with Crippen LogP contribution in [0.15, 0.2) is 5.11 Å². The highest BCUT2D eigenvalue weighted by Gasteiger charge is 2.47. The van der Waals surface area contributed by atoms with Crippen molar-refractivity contribution in [3.05, 3.63) is 10.4 Å². The second-order valence-corrected chi connectivity index (χ2v) is 4.03. The van der Waals surface area contributed by atoms with Crippen molar-refractivity contribution in [3.8, 4) is 0 Å². The molecule has 2 unspecified atom stereocenters. The molecule has 0 aromatic heterocycles. The molecule has 4 N–H and O–H groups in total. The Morgan fingerprint density at radius 1 is 1.53 bits per heavy atom. The zero-order valence-corrected chi connectivity index (χ0v) is 10.4. The van der Waals surface area contributed by atoms with Gasteiger partial charge in [-0.25, -0.2) is 0 Å². The van der Waals surface area contributed by atoms with Crippen LogP contribution in [0.4, 0.5) is 0 Å². The van der Waals surface area contributed by atoms with Gasteiger partial charge in [-0.15, -0.1) is 0 Å². The number of carbonyl (C=O) groups is 1. The Morgan fingerprint density at radius 3 is 2.63 bits per heavy atom. The fourth-order valence-corrected chi connectivity index (χ4v) is 1.84. The van der Waals surface area contributed by atoms with Gasteiger partial charge in [0.25, 0.3) is 0 Å². The molecule has 1 aliphatic heterocycles. The van der Waals surface area contributed by atoms with Crippen molar-refractivity contribution >= 4 is 5.91 Å². The summed E-state index contributed by atoms with van der Waals surface area (Å²) >= 11 is 0. The molecule has 1 fully saturated rings. The first-order valence-electron chi connectivity index (χ1n) is 5.46. The number of carbonyl (C=O) groups excluding carboxylic acids is 1. The van der Waals surface area contributed by atoms with E-state index in [1.807, 2.05) is 0 Å². The summed E-state index contributed by atoms with van der Waals surface area (Å²) in [5.41, 5.74) is 8.22. The van der Waals surface area contributed by atoms with Crippen LogP contribution in [0.1, 0.15) is 6.92 Å². The lowest BCUT2D eigenvalue weighted by molar-refractivity contribution is -0.273. The predicted molar refractivity (Wildman–Crippen MR) is 60.4 cm³/mol. The van der Waals surface area contributed by atoms with Crippen LogP contribution in [0.2, 0.25) is 0 Å². The van der Waals surface area contributed by atoms with Crippen LogP contribution >= 0.6 is 0 Å². The summed E-state index contributed by atoms with van der Waals surface area (Å²) in [5, 5.41) is 34.6. The van der Waals surface area contributed by atoms with E-state index in [2.05, 4.69) is 15.3 Å². The topological polar surface area (TPSA) is 157 Å². The minimum Gasteiger partial charge on any atom is -0.388 e. The van der Waals surface area contributed by atoms with Crippen molar-refractivity contribution in [2.45, 2.75) is 43.8 Å². The summed E-state index contributed by atoms with van der Waals surface area (Å²) < 4.78 is 10.1. The monoisotopic (exact) mass is 276 g/mol. The van der Waals surface area contributed by atoms with Crippen molar-refractivity contribution in [1.82, 2.24) is 5.32 Å². The molecule has 1 saturated heterocycles. The molecular weight excluding hydrogens is 260 g/mol. The Kier molecular flexibility index (Phi) is 5.48. The lowest BCUT2D eigenvalue weighted by Gasteiger charge is -2.42. The summed E-state index contributed by atoms with van der Waals surface area (Å²) in [6, 6.07) is -1.01. The summed E-state index contributed by atoms with van der Waals surface area (Å²) in [5.74, 6) is -0.448. The minimum absolute atomic E-state index is 0.448. The van der Waals surface area contributed by atoms with E-state index in [9.17, 15) is 20.1 Å². The van der Waals surface area contributed by atoms with Crippen LogP contribution in [0.5, 0.6) is 0 Å². The van der Waals surface area contributed by atoms with E-state index >= 15 is 0 Å². The van der Waals surface area contributed by atoms with Crippen molar-refractivity contribution in [1.29, 1.82) is 0 Å². The lowest BCUT2D eigenvalue weighted by atomic mass is 9.96. The minimum atomic E-state index is -1.69. The largest absolute Gasteiger partial charge is 0.388 e. The first-order valence-corrected chi connectivity index (χ1v) is 5.46. The maximum atomic E-state index is 11.0. The molecule has 6 atom stereocenters. The Balaban J connectivity index is 2.90. The number of aliphatic hydroxyl groups excluding tert-OH is 3. The van der Waals surface area contributed by atoms with E-state index in [1.165, 1.54) is 14.0 Å². The zero-order chi connectivity index (χ0) is 14.6. The van der Waals surface area contributed by atoms with Crippen LogP contribution in [0, 0.1) is 0 Å². The molecule has 10 heteroatoms. The average Bonchev–Trinajstić information content (AvgIpc) is 2.35. The Bertz CT molecular complexity index is 372. The summed E-state index contributed by atoms with van der Waals surface area (Å²) in [6.07, 6.45) is -7.15. The molecule has 1 aliphatic rings. The standard InChI is InChI=1S/C9H16N4O6/c1-3(14)11-4-5(15)6(16)7(8(17)12-13-10)19-9(4)18-2/h4-9,15-17H,1-2H3,(H,11,14)/t4-,5-,6+,7+,8?,9?/m1/s1. The van der Waals surface area contributed by atoms with E-state index in [0.29, 0.717) is 0 Å². The van der Waals surface area contributed by atoms with Crippen LogP contribution in [-0.4, -0.2) is 65.2 Å². The fourth-order valence-electron chi connectivity index (χ4n) is 1.84. The number of hydrogen-bond donors (Lipinski definition) is 4. The molecule has 1 heterocycles. The van der Waals surface area contributed by atoms with Gasteiger partial charge in [0.05, 0.1) is 0 Å². The number of rotatable bonds is 4. The Morgan fingerprint density at radius 2 is 2.16 bits per heavy atom. The van der Waals surface area contributed by atoms with E-state index in [0.717, 1.165) is 0 Å². The molecular formula is C9H16N4O6. The van der Waals surface area contributed by atoms with Crippen molar-refractivity contribution in [3.63, 3.8) is 0 Å². The number of nitrogens with zero attached hydrogens (tertiary/aromatic N) is 3. The second kappa shape index (κ2) is 6.66. The third-order valence-corrected chi connectivity index (χ3v) is 2.70. The molecule has 0 radical (unpaired) electrons. The molecule has 10 nitrogen and oxygen atoms in total. The molecule has 108 valence electrons. The van der Waals surface area contributed by atoms with Crippen LogP contribution < -0.4 is 5.32 Å². The van der Waals surface area contributed by atoms with Gasteiger partial charge in [0, 0.05) is 18.9 Å². The van der Waals surface area contributed by atoms with Crippen molar-refractivity contribution in [2.75, 3.05) is 7.11 Å². The number of amides is 1. The molecule has 0 saturated carbocycles. The van der Waals surface area contributed by atoms with Crippen LogP contribution in [-0.2, 0) is 14.3 Å². The molecule has 0 aliphatic carbocycles. The molecule has 0 aromatic rings. The maximum absolute atomic E-state index is 11.0. The highest BCUT2D eigenvalue weighted by Crippen LogP contribution is 2.24. The molecule has 1 rings (SSSR count). The molecule has 19 heavy (non-hydrogen) atoms. The van der Waals surface area contributed by atoms with Crippen molar-refractivity contribution in [2.24, 2.45) is 5.11 Å². The van der Waals surface area contributed by atoms with Gasteiger partial charge in [0.2, 0.25) is 5.91 Å². The van der Waals surface area contributed by atoms with Crippen LogP contribution in [0.3, 0.4) is 0 Å². The summed E-state index contributed by atoms with van der Waals surface area (Å²) in [4.78, 5) is 13.4. The van der Waals surface area contributed by atoms with Crippen LogP contribution in [0.25, 0.3) is 10.4 Å². The van der Waals surface area contributed by atoms with Gasteiger partial charge in [-0.1, -0.05) is 5.11 Å². The van der Waals surface area contributed by atoms with Gasteiger partial charge in [0.15, 0.2) is 12.5 Å². The third-order valence-electron chi connectivity index (χ3n) is 2.70. The molecule has 0 aromatic carbocycles. The van der Waals surface area contributed by atoms with Crippen molar-refractivity contribution < 1.29 is 29.6 Å². The van der Waals surface area contributed by atoms with Gasteiger partial charge in [-0.3, -0.25) is 4.79 Å². The van der Waals surface area contributed by atoms with Gasteiger partial charge >= 0.3 is 0 Å². The van der Waals surface area contributed by atoms with Gasteiger partial charge in [-0.2, -0.15) is 0 Å².